The number of rotatable bonds is 5. The molecule has 3 aromatic heterocycles. The molecule has 0 fully saturated rings. The minimum Gasteiger partial charge on any atom is -0.351 e. The molecule has 0 saturated heterocycles. The summed E-state index contributed by atoms with van der Waals surface area (Å²) < 4.78 is 0. The molecule has 0 aliphatic carbocycles. The normalized spacial score (nSPS) is 19.1. The van der Waals surface area contributed by atoms with Crippen LogP contribution >= 0.6 is 22.7 Å². The molecule has 3 N–H and O–H groups in total. The van der Waals surface area contributed by atoms with Crippen LogP contribution in [0.15, 0.2) is 65.6 Å². The van der Waals surface area contributed by atoms with Crippen LogP contribution in [0.3, 0.4) is 0 Å². The number of nitrogens with zero attached hydrogens (tertiary/aromatic N) is 4. The third-order valence-electron chi connectivity index (χ3n) is 7.08. The van der Waals surface area contributed by atoms with Crippen LogP contribution in [0.5, 0.6) is 0 Å². The van der Waals surface area contributed by atoms with Crippen LogP contribution in [0.25, 0.3) is 0 Å². The second-order valence-corrected chi connectivity index (χ2v) is 12.6. The van der Waals surface area contributed by atoms with Crippen LogP contribution in [-0.4, -0.2) is 57.2 Å². The van der Waals surface area contributed by atoms with E-state index in [1.165, 1.54) is 22.7 Å². The van der Waals surface area contributed by atoms with E-state index in [1.54, 1.807) is 23.2 Å². The summed E-state index contributed by atoms with van der Waals surface area (Å²) in [4.78, 5) is 55.2. The van der Waals surface area contributed by atoms with Gasteiger partial charge in [-0.1, -0.05) is 50.2 Å². The fourth-order valence-corrected chi connectivity index (χ4v) is 6.74. The minimum atomic E-state index is -0.412. The van der Waals surface area contributed by atoms with Gasteiger partial charge in [-0.25, -0.2) is 9.97 Å². The second-order valence-electron chi connectivity index (χ2n) is 10.8. The van der Waals surface area contributed by atoms with E-state index in [4.69, 9.17) is 0 Å². The molecule has 0 radical (unpaired) electrons. The van der Waals surface area contributed by atoms with Crippen molar-refractivity contribution in [2.75, 3.05) is 19.6 Å². The van der Waals surface area contributed by atoms with Gasteiger partial charge in [0, 0.05) is 42.8 Å². The molecule has 5 rings (SSSR count). The summed E-state index contributed by atoms with van der Waals surface area (Å²) in [7, 11) is 0. The molecule has 43 heavy (non-hydrogen) atoms. The molecule has 1 aromatic carbocycles. The molecular formula is C31H35N7O3S2. The summed E-state index contributed by atoms with van der Waals surface area (Å²) in [5.74, 6) is -0.705. The van der Waals surface area contributed by atoms with E-state index in [-0.39, 0.29) is 41.9 Å². The largest absolute Gasteiger partial charge is 0.351 e. The highest BCUT2D eigenvalue weighted by Gasteiger charge is 2.27. The quantitative estimate of drug-likeness (QED) is 0.307. The average Bonchev–Trinajstić information content (AvgIpc) is 3.69. The van der Waals surface area contributed by atoms with Crippen molar-refractivity contribution < 1.29 is 14.4 Å². The number of amides is 3. The molecule has 12 heteroatoms. The average molecular weight is 618 g/mol. The molecule has 4 aromatic rings. The Morgan fingerprint density at radius 1 is 0.907 bits per heavy atom. The number of hydrogen-bond acceptors (Lipinski definition) is 9. The standard InChI is InChI=1S/C31H35N7O3S2/c1-20(2)27-31-36-24(18-43-31)28(40)33-12-7-13-38(16-22-10-6-11-32-15-22)17-26(39)34-23(14-21-8-4-3-5-9-21)30-35-25(19-42-30)29(41)37-27/h3-6,8-11,15,18-20,23,27H,7,12-14,16-17H2,1-2H3,(H,33,40)(H,34,39)(H,37,41)/t23-,27-/m0/s1. The number of benzene rings is 1. The maximum absolute atomic E-state index is 13.5. The lowest BCUT2D eigenvalue weighted by atomic mass is 10.0. The summed E-state index contributed by atoms with van der Waals surface area (Å²) in [6.07, 6.45) is 4.69. The van der Waals surface area contributed by atoms with Gasteiger partial charge in [-0.05, 0) is 36.0 Å². The van der Waals surface area contributed by atoms with Crippen LogP contribution in [-0.2, 0) is 17.8 Å². The van der Waals surface area contributed by atoms with Gasteiger partial charge in [-0.15, -0.1) is 22.7 Å². The van der Waals surface area contributed by atoms with Gasteiger partial charge >= 0.3 is 0 Å². The van der Waals surface area contributed by atoms with Gasteiger partial charge in [0.25, 0.3) is 11.8 Å². The summed E-state index contributed by atoms with van der Waals surface area (Å²) in [6, 6.07) is 13.0. The number of thiazole rings is 2. The first kappa shape index (κ1) is 30.5. The molecule has 4 heterocycles. The Balaban J connectivity index is 1.44. The summed E-state index contributed by atoms with van der Waals surface area (Å²) >= 11 is 2.71. The maximum atomic E-state index is 13.5. The fourth-order valence-electron chi connectivity index (χ4n) is 4.87. The monoisotopic (exact) mass is 617 g/mol. The zero-order valence-corrected chi connectivity index (χ0v) is 25.8. The van der Waals surface area contributed by atoms with E-state index in [1.807, 2.05) is 61.2 Å². The first-order chi connectivity index (χ1) is 20.9. The highest BCUT2D eigenvalue weighted by atomic mass is 32.1. The summed E-state index contributed by atoms with van der Waals surface area (Å²) in [5.41, 5.74) is 2.64. The van der Waals surface area contributed by atoms with Crippen LogP contribution in [0.1, 0.15) is 74.5 Å². The number of fused-ring (bicyclic) bond motifs is 4. The fraction of sp³-hybridized carbons (Fsp3) is 0.355. The Hall–Kier alpha value is -4.00. The predicted molar refractivity (Wildman–Crippen MR) is 167 cm³/mol. The number of carbonyl (C=O) groups excluding carboxylic acids is 3. The molecule has 3 amide bonds. The van der Waals surface area contributed by atoms with Crippen molar-refractivity contribution >= 4 is 40.4 Å². The lowest BCUT2D eigenvalue weighted by molar-refractivity contribution is -0.123. The molecule has 0 unspecified atom stereocenters. The molecule has 0 saturated carbocycles. The number of pyridine rings is 1. The zero-order chi connectivity index (χ0) is 30.2. The molecule has 1 aliphatic rings. The first-order valence-corrected chi connectivity index (χ1v) is 16.1. The van der Waals surface area contributed by atoms with E-state index in [0.29, 0.717) is 48.2 Å². The second kappa shape index (κ2) is 14.5. The van der Waals surface area contributed by atoms with Crippen molar-refractivity contribution in [1.29, 1.82) is 0 Å². The number of hydrogen-bond donors (Lipinski definition) is 3. The van der Waals surface area contributed by atoms with Crippen molar-refractivity contribution in [2.45, 2.75) is 45.3 Å². The van der Waals surface area contributed by atoms with Gasteiger partial charge in [0.15, 0.2) is 0 Å². The smallest absolute Gasteiger partial charge is 0.271 e. The van der Waals surface area contributed by atoms with Crippen molar-refractivity contribution in [3.8, 4) is 0 Å². The zero-order valence-electron chi connectivity index (χ0n) is 24.2. The van der Waals surface area contributed by atoms with Gasteiger partial charge < -0.3 is 16.0 Å². The Bertz CT molecular complexity index is 1520. The van der Waals surface area contributed by atoms with Crippen molar-refractivity contribution in [3.05, 3.63) is 98.1 Å². The lowest BCUT2D eigenvalue weighted by Gasteiger charge is -2.24. The third kappa shape index (κ3) is 8.31. The van der Waals surface area contributed by atoms with Crippen molar-refractivity contribution in [2.24, 2.45) is 5.92 Å². The molecule has 4 bridgehead atoms. The molecule has 1 aliphatic heterocycles. The molecule has 2 atom stereocenters. The molecule has 0 spiro atoms. The number of carbonyl (C=O) groups is 3. The highest BCUT2D eigenvalue weighted by molar-refractivity contribution is 7.10. The van der Waals surface area contributed by atoms with Gasteiger partial charge in [0.05, 0.1) is 18.6 Å². The SMILES string of the molecule is CC(C)[C@@H]1NC(=O)c2csc(n2)[C@H](Cc2ccccc2)NC(=O)CN(Cc2cccnc2)CCCNC(=O)c2csc1n2. The molecular weight excluding hydrogens is 583 g/mol. The highest BCUT2D eigenvalue weighted by Crippen LogP contribution is 2.27. The Kier molecular flexibility index (Phi) is 10.2. The minimum absolute atomic E-state index is 0.0362. The van der Waals surface area contributed by atoms with E-state index < -0.39 is 6.04 Å². The Labute approximate surface area is 259 Å². The summed E-state index contributed by atoms with van der Waals surface area (Å²) in [6.45, 7) is 5.70. The van der Waals surface area contributed by atoms with Crippen LogP contribution in [0, 0.1) is 5.92 Å². The predicted octanol–water partition coefficient (Wildman–Crippen LogP) is 4.16. The van der Waals surface area contributed by atoms with Crippen molar-refractivity contribution in [1.82, 2.24) is 35.8 Å². The third-order valence-corrected chi connectivity index (χ3v) is 8.96. The lowest BCUT2D eigenvalue weighted by Crippen LogP contribution is -2.40. The Morgan fingerprint density at radius 3 is 2.37 bits per heavy atom. The van der Waals surface area contributed by atoms with E-state index in [0.717, 1.165) is 11.1 Å². The van der Waals surface area contributed by atoms with Gasteiger partial charge in [-0.2, -0.15) is 0 Å². The van der Waals surface area contributed by atoms with Crippen LogP contribution < -0.4 is 16.0 Å². The van der Waals surface area contributed by atoms with Gasteiger partial charge in [-0.3, -0.25) is 24.3 Å². The van der Waals surface area contributed by atoms with Gasteiger partial charge in [0.1, 0.15) is 21.4 Å². The maximum Gasteiger partial charge on any atom is 0.271 e. The number of nitrogens with one attached hydrogen (secondary N) is 3. The van der Waals surface area contributed by atoms with E-state index >= 15 is 0 Å². The Morgan fingerprint density at radius 2 is 1.63 bits per heavy atom. The first-order valence-electron chi connectivity index (χ1n) is 14.3. The topological polar surface area (TPSA) is 129 Å². The van der Waals surface area contributed by atoms with Crippen molar-refractivity contribution in [3.63, 3.8) is 0 Å². The summed E-state index contributed by atoms with van der Waals surface area (Å²) in [5, 5.41) is 14.0. The number of aromatic nitrogens is 3. The van der Waals surface area contributed by atoms with E-state index in [2.05, 4.69) is 30.9 Å². The van der Waals surface area contributed by atoms with Gasteiger partial charge in [0.2, 0.25) is 5.91 Å². The molecule has 224 valence electrons. The van der Waals surface area contributed by atoms with E-state index in [9.17, 15) is 14.4 Å². The van der Waals surface area contributed by atoms with Crippen LogP contribution in [0.4, 0.5) is 0 Å². The molecule has 10 nitrogen and oxygen atoms in total. The van der Waals surface area contributed by atoms with Crippen LogP contribution in [0.2, 0.25) is 0 Å².